The van der Waals surface area contributed by atoms with E-state index in [4.69, 9.17) is 4.74 Å². The van der Waals surface area contributed by atoms with Crippen molar-refractivity contribution in [2.24, 2.45) is 11.8 Å². The van der Waals surface area contributed by atoms with Crippen molar-refractivity contribution in [2.75, 3.05) is 35.3 Å². The van der Waals surface area contributed by atoms with Gasteiger partial charge in [0, 0.05) is 23.5 Å². The van der Waals surface area contributed by atoms with Gasteiger partial charge in [-0.05, 0) is 60.7 Å². The number of carbonyl (C=O) groups excluding carboxylic acids is 1. The predicted octanol–water partition coefficient (Wildman–Crippen LogP) is 3.66. The standard InChI is InChI=1S/C26H23F2N7O2/c27-15-1-6-21(28)20(8-15)24-19-7-14(19)10-34(24)23-11-35-22(9-29-23)32-33-25(35)26(36)31-17-4-2-16(3-5-17)30-18-12-37-13-18/h1-6,8-9,11,14,18-19,24,30H,7,10,12-13H2,(H,31,36)/t14?,19?,24-/m1/s1. The van der Waals surface area contributed by atoms with E-state index in [2.05, 4.69) is 25.8 Å². The average molecular weight is 504 g/mol. The Morgan fingerprint density at radius 3 is 2.65 bits per heavy atom. The van der Waals surface area contributed by atoms with Crippen LogP contribution in [-0.2, 0) is 4.74 Å². The highest BCUT2D eigenvalue weighted by molar-refractivity contribution is 6.02. The van der Waals surface area contributed by atoms with Crippen molar-refractivity contribution >= 4 is 28.7 Å². The molecule has 37 heavy (non-hydrogen) atoms. The number of hydrogen-bond donors (Lipinski definition) is 2. The van der Waals surface area contributed by atoms with E-state index in [0.29, 0.717) is 54.4 Å². The van der Waals surface area contributed by atoms with Gasteiger partial charge in [-0.1, -0.05) is 0 Å². The Morgan fingerprint density at radius 1 is 1.05 bits per heavy atom. The van der Waals surface area contributed by atoms with Crippen LogP contribution in [0.4, 0.5) is 26.0 Å². The van der Waals surface area contributed by atoms with Crippen LogP contribution in [0.25, 0.3) is 5.65 Å². The zero-order chi connectivity index (χ0) is 25.1. The molecule has 0 radical (unpaired) electrons. The van der Waals surface area contributed by atoms with Crippen LogP contribution in [-0.4, -0.2) is 51.3 Å². The molecule has 1 saturated carbocycles. The summed E-state index contributed by atoms with van der Waals surface area (Å²) in [6.45, 7) is 2.05. The first kappa shape index (κ1) is 22.1. The third kappa shape index (κ3) is 3.95. The number of benzene rings is 2. The first-order chi connectivity index (χ1) is 18.0. The van der Waals surface area contributed by atoms with Crippen molar-refractivity contribution in [3.05, 3.63) is 77.9 Å². The van der Waals surface area contributed by atoms with E-state index >= 15 is 0 Å². The zero-order valence-electron chi connectivity index (χ0n) is 19.6. The van der Waals surface area contributed by atoms with E-state index in [-0.39, 0.29) is 17.8 Å². The molecule has 0 bridgehead atoms. The van der Waals surface area contributed by atoms with Gasteiger partial charge < -0.3 is 20.3 Å². The van der Waals surface area contributed by atoms with Crippen molar-refractivity contribution in [2.45, 2.75) is 18.5 Å². The van der Waals surface area contributed by atoms with Crippen LogP contribution >= 0.6 is 0 Å². The number of amides is 1. The van der Waals surface area contributed by atoms with Gasteiger partial charge >= 0.3 is 0 Å². The van der Waals surface area contributed by atoms with Crippen molar-refractivity contribution in [3.63, 3.8) is 0 Å². The fraction of sp³-hybridized carbons (Fsp3) is 0.308. The van der Waals surface area contributed by atoms with Crippen LogP contribution in [0.5, 0.6) is 0 Å². The number of anilines is 3. The van der Waals surface area contributed by atoms with Crippen LogP contribution in [0, 0.1) is 23.5 Å². The van der Waals surface area contributed by atoms with Crippen LogP contribution in [0.3, 0.4) is 0 Å². The molecular weight excluding hydrogens is 480 g/mol. The highest BCUT2D eigenvalue weighted by Gasteiger charge is 2.54. The van der Waals surface area contributed by atoms with Gasteiger partial charge in [-0.2, -0.15) is 0 Å². The molecular formula is C26H23F2N7O2. The topological polar surface area (TPSA) is 96.7 Å². The lowest BCUT2D eigenvalue weighted by Gasteiger charge is -2.29. The summed E-state index contributed by atoms with van der Waals surface area (Å²) in [6, 6.07) is 11.0. The fourth-order valence-corrected chi connectivity index (χ4v) is 5.33. The summed E-state index contributed by atoms with van der Waals surface area (Å²) in [5, 5.41) is 14.4. The number of nitrogens with one attached hydrogen (secondary N) is 2. The van der Waals surface area contributed by atoms with Crippen LogP contribution in [0.15, 0.2) is 54.9 Å². The lowest BCUT2D eigenvalue weighted by molar-refractivity contribution is 0.0211. The highest BCUT2D eigenvalue weighted by Crippen LogP contribution is 2.57. The minimum Gasteiger partial charge on any atom is -0.378 e. The number of fused-ring (bicyclic) bond motifs is 2. The molecule has 0 spiro atoms. The Bertz CT molecular complexity index is 1500. The van der Waals surface area contributed by atoms with Gasteiger partial charge in [-0.25, -0.2) is 13.8 Å². The van der Waals surface area contributed by atoms with Gasteiger partial charge in [0.25, 0.3) is 5.91 Å². The Labute approximate surface area is 210 Å². The molecule has 11 heteroatoms. The number of hydrogen-bond acceptors (Lipinski definition) is 7. The van der Waals surface area contributed by atoms with Gasteiger partial charge in [0.05, 0.1) is 37.7 Å². The number of nitrogens with zero attached hydrogens (tertiary/aromatic N) is 5. The molecule has 2 saturated heterocycles. The van der Waals surface area contributed by atoms with E-state index < -0.39 is 17.5 Å². The van der Waals surface area contributed by atoms with Crippen molar-refractivity contribution in [3.8, 4) is 0 Å². The van der Waals surface area contributed by atoms with Crippen molar-refractivity contribution < 1.29 is 18.3 Å². The van der Waals surface area contributed by atoms with E-state index in [1.165, 1.54) is 18.3 Å². The van der Waals surface area contributed by atoms with Crippen molar-refractivity contribution in [1.29, 1.82) is 0 Å². The third-order valence-corrected chi connectivity index (χ3v) is 7.35. The average Bonchev–Trinajstić information content (AvgIpc) is 3.34. The molecule has 2 unspecified atom stereocenters. The molecule has 9 nitrogen and oxygen atoms in total. The summed E-state index contributed by atoms with van der Waals surface area (Å²) in [7, 11) is 0. The molecule has 2 aromatic heterocycles. The fourth-order valence-electron chi connectivity index (χ4n) is 5.33. The first-order valence-corrected chi connectivity index (χ1v) is 12.2. The molecule has 2 aromatic carbocycles. The molecule has 2 aliphatic heterocycles. The van der Waals surface area contributed by atoms with E-state index in [0.717, 1.165) is 18.2 Å². The van der Waals surface area contributed by atoms with Crippen molar-refractivity contribution in [1.82, 2.24) is 19.6 Å². The van der Waals surface area contributed by atoms with E-state index in [9.17, 15) is 13.6 Å². The summed E-state index contributed by atoms with van der Waals surface area (Å²) in [5.41, 5.74) is 2.31. The van der Waals surface area contributed by atoms with Gasteiger partial charge in [0.15, 0.2) is 5.65 Å². The molecule has 1 amide bonds. The molecule has 7 rings (SSSR count). The molecule has 4 heterocycles. The minimum atomic E-state index is -0.470. The SMILES string of the molecule is O=C(Nc1ccc(NC2COC2)cc1)c1nnc2cnc(N3CC4CC4[C@@H]3c3cc(F)ccc3F)cn12. The molecule has 3 atom stereocenters. The number of carbonyl (C=O) groups is 1. The summed E-state index contributed by atoms with van der Waals surface area (Å²) in [4.78, 5) is 19.6. The predicted molar refractivity (Wildman–Crippen MR) is 131 cm³/mol. The molecule has 3 aliphatic rings. The second-order valence-electron chi connectivity index (χ2n) is 9.83. The maximum Gasteiger partial charge on any atom is 0.293 e. The smallest absolute Gasteiger partial charge is 0.293 e. The van der Waals surface area contributed by atoms with E-state index in [1.807, 2.05) is 29.2 Å². The molecule has 188 valence electrons. The number of rotatable bonds is 6. The Kier molecular flexibility index (Phi) is 5.07. The quantitative estimate of drug-likeness (QED) is 0.415. The lowest BCUT2D eigenvalue weighted by Crippen LogP contribution is -2.40. The Hall–Kier alpha value is -4.12. The molecule has 2 N–H and O–H groups in total. The van der Waals surface area contributed by atoms with Gasteiger partial charge in [0.2, 0.25) is 5.82 Å². The second kappa shape index (κ2) is 8.48. The molecule has 1 aliphatic carbocycles. The Balaban J connectivity index is 1.14. The summed E-state index contributed by atoms with van der Waals surface area (Å²) < 4.78 is 35.4. The van der Waals surface area contributed by atoms with Gasteiger partial charge in [-0.3, -0.25) is 9.20 Å². The number of aromatic nitrogens is 4. The maximum atomic E-state index is 14.7. The minimum absolute atomic E-state index is 0.102. The first-order valence-electron chi connectivity index (χ1n) is 12.2. The van der Waals surface area contributed by atoms with Gasteiger partial charge in [0.1, 0.15) is 17.5 Å². The summed E-state index contributed by atoms with van der Waals surface area (Å²) >= 11 is 0. The number of ether oxygens (including phenoxy) is 1. The van der Waals surface area contributed by atoms with Crippen LogP contribution in [0.1, 0.15) is 28.6 Å². The monoisotopic (exact) mass is 503 g/mol. The number of halogens is 2. The molecule has 4 aromatic rings. The number of piperidine rings is 1. The lowest BCUT2D eigenvalue weighted by atomic mass is 10.0. The summed E-state index contributed by atoms with van der Waals surface area (Å²) in [5.74, 6) is -0.0216. The van der Waals surface area contributed by atoms with Crippen LogP contribution < -0.4 is 15.5 Å². The summed E-state index contributed by atoms with van der Waals surface area (Å²) in [6.07, 6.45) is 4.20. The third-order valence-electron chi connectivity index (χ3n) is 7.35. The van der Waals surface area contributed by atoms with E-state index in [1.54, 1.807) is 10.6 Å². The zero-order valence-corrected chi connectivity index (χ0v) is 19.6. The normalized spacial score (nSPS) is 22.5. The van der Waals surface area contributed by atoms with Crippen LogP contribution in [0.2, 0.25) is 0 Å². The Morgan fingerprint density at radius 2 is 1.86 bits per heavy atom. The van der Waals surface area contributed by atoms with Gasteiger partial charge in [-0.15, -0.1) is 10.2 Å². The highest BCUT2D eigenvalue weighted by atomic mass is 19.1. The second-order valence-corrected chi connectivity index (χ2v) is 9.83. The molecule has 3 fully saturated rings. The maximum absolute atomic E-state index is 14.7. The largest absolute Gasteiger partial charge is 0.378 e.